The Labute approximate surface area is 183 Å². The molecule has 2 saturated heterocycles. The molecular weight excluding hydrogens is 390 g/mol. The van der Waals surface area contributed by atoms with Crippen molar-refractivity contribution in [3.63, 3.8) is 0 Å². The molecular formula is C24H29N5O2. The highest BCUT2D eigenvalue weighted by atomic mass is 16.2. The zero-order chi connectivity index (χ0) is 21.4. The first-order valence-electron chi connectivity index (χ1n) is 11.3. The molecule has 0 N–H and O–H groups in total. The van der Waals surface area contributed by atoms with E-state index in [1.807, 2.05) is 42.2 Å². The van der Waals surface area contributed by atoms with Crippen LogP contribution in [0.2, 0.25) is 0 Å². The topological polar surface area (TPSA) is 69.6 Å². The minimum atomic E-state index is 0.0822. The van der Waals surface area contributed by atoms with E-state index < -0.39 is 0 Å². The number of likely N-dealkylation sites (tertiary alicyclic amines) is 2. The first kappa shape index (κ1) is 20.1. The Balaban J connectivity index is 1.35. The lowest BCUT2D eigenvalue weighted by Crippen LogP contribution is -2.48. The fraction of sp³-hybridized carbons (Fsp3) is 0.500. The van der Waals surface area contributed by atoms with E-state index in [1.165, 1.54) is 0 Å². The van der Waals surface area contributed by atoms with Gasteiger partial charge in [-0.25, -0.2) is 9.97 Å². The van der Waals surface area contributed by atoms with Gasteiger partial charge >= 0.3 is 0 Å². The molecule has 1 atom stereocenters. The SMILES string of the molecule is Cc1nc(C2CCCN(CC(=O)N3CCC3)C2)nc2c1CC(=O)N2Cc1ccccc1. The van der Waals surface area contributed by atoms with Crippen LogP contribution >= 0.6 is 0 Å². The average Bonchev–Trinajstić information content (AvgIpc) is 3.04. The van der Waals surface area contributed by atoms with E-state index in [1.54, 1.807) is 4.90 Å². The van der Waals surface area contributed by atoms with E-state index in [-0.39, 0.29) is 17.7 Å². The van der Waals surface area contributed by atoms with Crippen molar-refractivity contribution in [2.45, 2.75) is 45.1 Å². The van der Waals surface area contributed by atoms with Crippen LogP contribution in [0.1, 0.15) is 47.8 Å². The minimum Gasteiger partial charge on any atom is -0.341 e. The summed E-state index contributed by atoms with van der Waals surface area (Å²) in [5.74, 6) is 2.09. The van der Waals surface area contributed by atoms with E-state index in [0.29, 0.717) is 19.5 Å². The van der Waals surface area contributed by atoms with Crippen molar-refractivity contribution in [2.75, 3.05) is 37.6 Å². The van der Waals surface area contributed by atoms with Gasteiger partial charge in [0, 0.05) is 36.8 Å². The fourth-order valence-corrected chi connectivity index (χ4v) is 4.78. The molecule has 162 valence electrons. The minimum absolute atomic E-state index is 0.0822. The van der Waals surface area contributed by atoms with Gasteiger partial charge in [0.15, 0.2) is 0 Å². The number of carbonyl (C=O) groups is 2. The van der Waals surface area contributed by atoms with Crippen LogP contribution in [0.3, 0.4) is 0 Å². The summed E-state index contributed by atoms with van der Waals surface area (Å²) in [4.78, 5) is 40.9. The molecule has 31 heavy (non-hydrogen) atoms. The summed E-state index contributed by atoms with van der Waals surface area (Å²) >= 11 is 0. The normalized spacial score (nSPS) is 21.2. The van der Waals surface area contributed by atoms with E-state index in [4.69, 9.17) is 9.97 Å². The summed E-state index contributed by atoms with van der Waals surface area (Å²) in [6.45, 7) is 6.53. The lowest BCUT2D eigenvalue weighted by Gasteiger charge is -2.36. The lowest BCUT2D eigenvalue weighted by molar-refractivity contribution is -0.136. The summed E-state index contributed by atoms with van der Waals surface area (Å²) in [6, 6.07) is 10.0. The number of benzene rings is 1. The molecule has 0 aliphatic carbocycles. The van der Waals surface area contributed by atoms with Crippen LogP contribution < -0.4 is 4.90 Å². The molecule has 1 aromatic heterocycles. The van der Waals surface area contributed by atoms with Crippen molar-refractivity contribution in [2.24, 2.45) is 0 Å². The molecule has 0 bridgehead atoms. The molecule has 2 fully saturated rings. The fourth-order valence-electron chi connectivity index (χ4n) is 4.78. The molecule has 7 heteroatoms. The largest absolute Gasteiger partial charge is 0.341 e. The second-order valence-corrected chi connectivity index (χ2v) is 8.92. The van der Waals surface area contributed by atoms with Gasteiger partial charge in [-0.1, -0.05) is 30.3 Å². The summed E-state index contributed by atoms with van der Waals surface area (Å²) in [5.41, 5.74) is 2.94. The molecule has 7 nitrogen and oxygen atoms in total. The van der Waals surface area contributed by atoms with Crippen LogP contribution in [-0.2, 0) is 22.6 Å². The van der Waals surface area contributed by atoms with Crippen molar-refractivity contribution in [3.8, 4) is 0 Å². The van der Waals surface area contributed by atoms with Crippen LogP contribution in [0.15, 0.2) is 30.3 Å². The molecule has 3 aliphatic heterocycles. The number of amides is 2. The van der Waals surface area contributed by atoms with Gasteiger partial charge in [-0.3, -0.25) is 19.4 Å². The van der Waals surface area contributed by atoms with Gasteiger partial charge in [-0.15, -0.1) is 0 Å². The van der Waals surface area contributed by atoms with Gasteiger partial charge in [0.05, 0.1) is 19.5 Å². The van der Waals surface area contributed by atoms with Crippen LogP contribution in [0.4, 0.5) is 5.82 Å². The van der Waals surface area contributed by atoms with Crippen molar-refractivity contribution >= 4 is 17.6 Å². The first-order chi connectivity index (χ1) is 15.1. The molecule has 1 aromatic carbocycles. The smallest absolute Gasteiger partial charge is 0.236 e. The maximum absolute atomic E-state index is 12.8. The quantitative estimate of drug-likeness (QED) is 0.744. The third-order valence-corrected chi connectivity index (χ3v) is 6.72. The maximum Gasteiger partial charge on any atom is 0.236 e. The van der Waals surface area contributed by atoms with E-state index in [2.05, 4.69) is 4.90 Å². The van der Waals surface area contributed by atoms with Gasteiger partial charge in [0.25, 0.3) is 0 Å². The first-order valence-corrected chi connectivity index (χ1v) is 11.3. The second-order valence-electron chi connectivity index (χ2n) is 8.92. The Kier molecular flexibility index (Phi) is 5.44. The number of fused-ring (bicyclic) bond motifs is 1. The number of rotatable bonds is 5. The third-order valence-electron chi connectivity index (χ3n) is 6.72. The average molecular weight is 420 g/mol. The Morgan fingerprint density at radius 3 is 2.65 bits per heavy atom. The predicted octanol–water partition coefficient (Wildman–Crippen LogP) is 2.29. The molecule has 1 unspecified atom stereocenters. The van der Waals surface area contributed by atoms with Gasteiger partial charge < -0.3 is 4.90 Å². The van der Waals surface area contributed by atoms with Crippen molar-refractivity contribution in [1.82, 2.24) is 19.8 Å². The summed E-state index contributed by atoms with van der Waals surface area (Å²) in [6.07, 6.45) is 3.54. The predicted molar refractivity (Wildman–Crippen MR) is 118 cm³/mol. The molecule has 3 aliphatic rings. The second kappa shape index (κ2) is 8.38. The number of carbonyl (C=O) groups excluding carboxylic acids is 2. The van der Waals surface area contributed by atoms with Gasteiger partial charge in [-0.05, 0) is 38.3 Å². The van der Waals surface area contributed by atoms with Crippen LogP contribution in [0.25, 0.3) is 0 Å². The number of nitrogens with zero attached hydrogens (tertiary/aromatic N) is 5. The highest BCUT2D eigenvalue weighted by molar-refractivity contribution is 6.00. The zero-order valence-corrected chi connectivity index (χ0v) is 18.1. The highest BCUT2D eigenvalue weighted by Gasteiger charge is 2.34. The number of aryl methyl sites for hydroxylation is 1. The van der Waals surface area contributed by atoms with Gasteiger partial charge in [0.1, 0.15) is 11.6 Å². The maximum atomic E-state index is 12.8. The van der Waals surface area contributed by atoms with Crippen molar-refractivity contribution in [1.29, 1.82) is 0 Å². The molecule has 2 amide bonds. The lowest BCUT2D eigenvalue weighted by atomic mass is 9.96. The highest BCUT2D eigenvalue weighted by Crippen LogP contribution is 2.33. The van der Waals surface area contributed by atoms with Crippen molar-refractivity contribution < 1.29 is 9.59 Å². The van der Waals surface area contributed by atoms with Gasteiger partial charge in [-0.2, -0.15) is 0 Å². The molecule has 5 rings (SSSR count). The Morgan fingerprint density at radius 1 is 1.10 bits per heavy atom. The molecule has 0 radical (unpaired) electrons. The summed E-state index contributed by atoms with van der Waals surface area (Å²) < 4.78 is 0. The Bertz CT molecular complexity index is 989. The number of piperidine rings is 1. The molecule has 2 aromatic rings. The Morgan fingerprint density at radius 2 is 1.90 bits per heavy atom. The van der Waals surface area contributed by atoms with E-state index in [9.17, 15) is 9.59 Å². The van der Waals surface area contributed by atoms with Crippen LogP contribution in [0.5, 0.6) is 0 Å². The van der Waals surface area contributed by atoms with Crippen LogP contribution in [-0.4, -0.2) is 64.3 Å². The number of hydrogen-bond acceptors (Lipinski definition) is 5. The monoisotopic (exact) mass is 419 g/mol. The van der Waals surface area contributed by atoms with E-state index in [0.717, 1.165) is 73.9 Å². The molecule has 0 saturated carbocycles. The molecule has 4 heterocycles. The Hall–Kier alpha value is -2.80. The number of anilines is 1. The summed E-state index contributed by atoms with van der Waals surface area (Å²) in [7, 11) is 0. The van der Waals surface area contributed by atoms with E-state index >= 15 is 0 Å². The van der Waals surface area contributed by atoms with Crippen LogP contribution in [0, 0.1) is 6.92 Å². The standard InChI is InChI=1S/C24H29N5O2/c1-17-20-13-21(30)29(14-18-7-3-2-4-8-18)24(20)26-23(25-17)19-9-5-10-27(15-19)16-22(31)28-11-6-12-28/h2-4,7-8,19H,5-6,9-16H2,1H3. The van der Waals surface area contributed by atoms with Gasteiger partial charge in [0.2, 0.25) is 11.8 Å². The zero-order valence-electron chi connectivity index (χ0n) is 18.1. The number of aromatic nitrogens is 2. The van der Waals surface area contributed by atoms with Crippen molar-refractivity contribution in [3.05, 3.63) is 53.0 Å². The number of hydrogen-bond donors (Lipinski definition) is 0. The molecule has 0 spiro atoms. The third kappa shape index (κ3) is 4.06. The summed E-state index contributed by atoms with van der Waals surface area (Å²) in [5, 5.41) is 0.